The molecule has 1 fully saturated rings. The molecule has 0 spiro atoms. The largest absolute Gasteiger partial charge is 0.393 e. The van der Waals surface area contributed by atoms with E-state index in [1.54, 1.807) is 0 Å². The van der Waals surface area contributed by atoms with Gasteiger partial charge in [-0.1, -0.05) is 13.8 Å². The van der Waals surface area contributed by atoms with E-state index in [1.807, 2.05) is 0 Å². The van der Waals surface area contributed by atoms with Crippen molar-refractivity contribution in [3.63, 3.8) is 0 Å². The summed E-state index contributed by atoms with van der Waals surface area (Å²) in [7, 11) is 0. The van der Waals surface area contributed by atoms with Gasteiger partial charge in [-0.05, 0) is 24.8 Å². The van der Waals surface area contributed by atoms with E-state index in [0.29, 0.717) is 0 Å². The molecule has 1 rings (SSSR count). The van der Waals surface area contributed by atoms with Gasteiger partial charge in [0, 0.05) is 6.54 Å². The van der Waals surface area contributed by atoms with Crippen molar-refractivity contribution in [2.24, 2.45) is 5.41 Å². The van der Waals surface area contributed by atoms with E-state index in [-0.39, 0.29) is 11.5 Å². The van der Waals surface area contributed by atoms with Crippen molar-refractivity contribution in [3.8, 4) is 0 Å². The molecule has 1 aliphatic heterocycles. The Hall–Kier alpha value is -0.0800. The molecule has 0 aliphatic carbocycles. The van der Waals surface area contributed by atoms with E-state index in [1.165, 1.54) is 0 Å². The van der Waals surface area contributed by atoms with Gasteiger partial charge in [-0.3, -0.25) is 0 Å². The van der Waals surface area contributed by atoms with E-state index in [4.69, 9.17) is 0 Å². The standard InChI is InChI=1S/C8H17NO/c1-8(2)5-7(10)3-4-9-6-8/h7,9-10H,3-6H2,1-2H3/t7-/m0/s1. The summed E-state index contributed by atoms with van der Waals surface area (Å²) in [5, 5.41) is 12.7. The number of nitrogens with one attached hydrogen (secondary N) is 1. The number of hydrogen-bond acceptors (Lipinski definition) is 2. The molecule has 0 aromatic heterocycles. The van der Waals surface area contributed by atoms with Crippen molar-refractivity contribution in [3.05, 3.63) is 0 Å². The molecular weight excluding hydrogens is 126 g/mol. The van der Waals surface area contributed by atoms with Gasteiger partial charge >= 0.3 is 0 Å². The van der Waals surface area contributed by atoms with Crippen LogP contribution in [-0.4, -0.2) is 24.3 Å². The summed E-state index contributed by atoms with van der Waals surface area (Å²) < 4.78 is 0. The van der Waals surface area contributed by atoms with Gasteiger partial charge in [0.25, 0.3) is 0 Å². The van der Waals surface area contributed by atoms with Gasteiger partial charge in [0.05, 0.1) is 6.10 Å². The zero-order valence-electron chi connectivity index (χ0n) is 6.85. The van der Waals surface area contributed by atoms with Crippen LogP contribution in [0.1, 0.15) is 26.7 Å². The third-order valence-corrected chi connectivity index (χ3v) is 2.05. The fourth-order valence-electron chi connectivity index (χ4n) is 1.51. The lowest BCUT2D eigenvalue weighted by atomic mass is 9.87. The van der Waals surface area contributed by atoms with Crippen molar-refractivity contribution >= 4 is 0 Å². The summed E-state index contributed by atoms with van der Waals surface area (Å²) in [5.74, 6) is 0. The van der Waals surface area contributed by atoms with Gasteiger partial charge in [-0.15, -0.1) is 0 Å². The summed E-state index contributed by atoms with van der Waals surface area (Å²) in [4.78, 5) is 0. The molecule has 0 amide bonds. The second kappa shape index (κ2) is 2.89. The zero-order chi connectivity index (χ0) is 7.61. The van der Waals surface area contributed by atoms with Crippen molar-refractivity contribution in [1.29, 1.82) is 0 Å². The number of hydrogen-bond donors (Lipinski definition) is 2. The lowest BCUT2D eigenvalue weighted by Crippen LogP contribution is -2.27. The van der Waals surface area contributed by atoms with E-state index in [0.717, 1.165) is 25.9 Å². The average Bonchev–Trinajstić information content (AvgIpc) is 1.90. The highest BCUT2D eigenvalue weighted by molar-refractivity contribution is 4.79. The molecular formula is C8H17NO. The Morgan fingerprint density at radius 2 is 2.20 bits per heavy atom. The zero-order valence-corrected chi connectivity index (χ0v) is 6.85. The fraction of sp³-hybridized carbons (Fsp3) is 1.00. The summed E-state index contributed by atoms with van der Waals surface area (Å²) >= 11 is 0. The van der Waals surface area contributed by atoms with Gasteiger partial charge in [-0.2, -0.15) is 0 Å². The van der Waals surface area contributed by atoms with Gasteiger partial charge in [-0.25, -0.2) is 0 Å². The minimum absolute atomic E-state index is 0.0926. The van der Waals surface area contributed by atoms with Crippen LogP contribution in [0.4, 0.5) is 0 Å². The fourth-order valence-corrected chi connectivity index (χ4v) is 1.51. The highest BCUT2D eigenvalue weighted by atomic mass is 16.3. The molecule has 0 aromatic rings. The quantitative estimate of drug-likeness (QED) is 0.524. The number of aliphatic hydroxyl groups is 1. The second-order valence-electron chi connectivity index (χ2n) is 3.99. The molecule has 0 saturated carbocycles. The van der Waals surface area contributed by atoms with Crippen LogP contribution in [0, 0.1) is 5.41 Å². The Bertz CT molecular complexity index is 112. The van der Waals surface area contributed by atoms with Crippen molar-refractivity contribution in [2.45, 2.75) is 32.8 Å². The number of aliphatic hydroxyl groups excluding tert-OH is 1. The maximum absolute atomic E-state index is 9.38. The molecule has 1 saturated heterocycles. The Balaban J connectivity index is 2.46. The lowest BCUT2D eigenvalue weighted by Gasteiger charge is -2.23. The van der Waals surface area contributed by atoms with Gasteiger partial charge < -0.3 is 10.4 Å². The average molecular weight is 143 g/mol. The Labute approximate surface area is 62.6 Å². The maximum Gasteiger partial charge on any atom is 0.0557 e. The minimum atomic E-state index is -0.0926. The predicted molar refractivity (Wildman–Crippen MR) is 41.9 cm³/mol. The first-order chi connectivity index (χ1) is 4.60. The molecule has 2 heteroatoms. The summed E-state index contributed by atoms with van der Waals surface area (Å²) in [6.45, 7) is 6.37. The first kappa shape index (κ1) is 8.02. The van der Waals surface area contributed by atoms with Crippen molar-refractivity contribution < 1.29 is 5.11 Å². The molecule has 0 bridgehead atoms. The first-order valence-corrected chi connectivity index (χ1v) is 3.99. The molecule has 2 nitrogen and oxygen atoms in total. The molecule has 1 aliphatic rings. The minimum Gasteiger partial charge on any atom is -0.393 e. The van der Waals surface area contributed by atoms with Crippen LogP contribution in [0.2, 0.25) is 0 Å². The van der Waals surface area contributed by atoms with Crippen LogP contribution in [-0.2, 0) is 0 Å². The Morgan fingerprint density at radius 3 is 2.90 bits per heavy atom. The molecule has 0 radical (unpaired) electrons. The van der Waals surface area contributed by atoms with E-state index in [9.17, 15) is 5.11 Å². The summed E-state index contributed by atoms with van der Waals surface area (Å²) in [5.41, 5.74) is 0.274. The Morgan fingerprint density at radius 1 is 1.50 bits per heavy atom. The molecule has 1 heterocycles. The van der Waals surface area contributed by atoms with E-state index in [2.05, 4.69) is 19.2 Å². The third kappa shape index (κ3) is 2.27. The van der Waals surface area contributed by atoms with Crippen LogP contribution >= 0.6 is 0 Å². The van der Waals surface area contributed by atoms with Gasteiger partial charge in [0.1, 0.15) is 0 Å². The maximum atomic E-state index is 9.38. The van der Waals surface area contributed by atoms with Crippen molar-refractivity contribution in [1.82, 2.24) is 5.32 Å². The van der Waals surface area contributed by atoms with Crippen LogP contribution in [0.25, 0.3) is 0 Å². The molecule has 0 unspecified atom stereocenters. The second-order valence-corrected chi connectivity index (χ2v) is 3.99. The topological polar surface area (TPSA) is 32.3 Å². The van der Waals surface area contributed by atoms with Crippen molar-refractivity contribution in [2.75, 3.05) is 13.1 Å². The van der Waals surface area contributed by atoms with E-state index < -0.39 is 0 Å². The highest BCUT2D eigenvalue weighted by Gasteiger charge is 2.24. The van der Waals surface area contributed by atoms with E-state index >= 15 is 0 Å². The van der Waals surface area contributed by atoms with Gasteiger partial charge in [0.2, 0.25) is 0 Å². The highest BCUT2D eigenvalue weighted by Crippen LogP contribution is 2.24. The van der Waals surface area contributed by atoms with Crippen LogP contribution in [0.15, 0.2) is 0 Å². The molecule has 2 N–H and O–H groups in total. The molecule has 10 heavy (non-hydrogen) atoms. The van der Waals surface area contributed by atoms with Gasteiger partial charge in [0.15, 0.2) is 0 Å². The number of rotatable bonds is 0. The van der Waals surface area contributed by atoms with Crippen LogP contribution in [0.5, 0.6) is 0 Å². The monoisotopic (exact) mass is 143 g/mol. The van der Waals surface area contributed by atoms with Crippen LogP contribution < -0.4 is 5.32 Å². The first-order valence-electron chi connectivity index (χ1n) is 3.99. The molecule has 60 valence electrons. The molecule has 0 aromatic carbocycles. The summed E-state index contributed by atoms with van der Waals surface area (Å²) in [6.07, 6.45) is 1.74. The molecule has 1 atom stereocenters. The summed E-state index contributed by atoms with van der Waals surface area (Å²) in [6, 6.07) is 0. The third-order valence-electron chi connectivity index (χ3n) is 2.05. The predicted octanol–water partition coefficient (Wildman–Crippen LogP) is 0.757. The normalized spacial score (nSPS) is 33.3. The smallest absolute Gasteiger partial charge is 0.0557 e. The Kier molecular flexibility index (Phi) is 2.32. The SMILES string of the molecule is CC1(C)CNCC[C@H](O)C1. The lowest BCUT2D eigenvalue weighted by molar-refractivity contribution is 0.123. The van der Waals surface area contributed by atoms with Crippen LogP contribution in [0.3, 0.4) is 0 Å².